The number of nitrogens with zero attached hydrogens (tertiary/aromatic N) is 1. The summed E-state index contributed by atoms with van der Waals surface area (Å²) in [6.07, 6.45) is -3.37. The summed E-state index contributed by atoms with van der Waals surface area (Å²) in [5.41, 5.74) is -0.476. The molecule has 2 aromatic rings. The van der Waals surface area contributed by atoms with Crippen molar-refractivity contribution in [1.29, 1.82) is 0 Å². The molecule has 1 heterocycles. The van der Waals surface area contributed by atoms with Crippen molar-refractivity contribution < 1.29 is 27.6 Å². The van der Waals surface area contributed by atoms with Gasteiger partial charge in [-0.3, -0.25) is 14.4 Å². The van der Waals surface area contributed by atoms with Gasteiger partial charge in [0.05, 0.1) is 11.3 Å². The van der Waals surface area contributed by atoms with Crippen LogP contribution in [0.25, 0.3) is 0 Å². The van der Waals surface area contributed by atoms with Crippen LogP contribution >= 0.6 is 0 Å². The number of anilines is 2. The quantitative estimate of drug-likeness (QED) is 0.768. The Labute approximate surface area is 171 Å². The molecule has 3 amide bonds. The average molecular weight is 419 g/mol. The molecule has 9 heteroatoms. The summed E-state index contributed by atoms with van der Waals surface area (Å²) in [7, 11) is 0. The number of amides is 3. The van der Waals surface area contributed by atoms with Crippen molar-refractivity contribution in [1.82, 2.24) is 4.90 Å². The van der Waals surface area contributed by atoms with Crippen molar-refractivity contribution in [3.63, 3.8) is 0 Å². The number of halogens is 3. The highest BCUT2D eigenvalue weighted by atomic mass is 19.4. The summed E-state index contributed by atoms with van der Waals surface area (Å²) in [5, 5.41) is 4.57. The van der Waals surface area contributed by atoms with Crippen LogP contribution in [-0.2, 0) is 22.3 Å². The third-order valence-electron chi connectivity index (χ3n) is 4.65. The number of hydrogen-bond acceptors (Lipinski definition) is 3. The van der Waals surface area contributed by atoms with E-state index in [1.54, 1.807) is 17.0 Å². The second kappa shape index (κ2) is 8.56. The highest BCUT2D eigenvalue weighted by molar-refractivity contribution is 6.05. The fraction of sp³-hybridized carbons (Fsp3) is 0.286. The topological polar surface area (TPSA) is 78.5 Å². The molecule has 0 atom stereocenters. The van der Waals surface area contributed by atoms with E-state index in [4.69, 9.17) is 0 Å². The van der Waals surface area contributed by atoms with Gasteiger partial charge in [0.25, 0.3) is 5.91 Å². The number of carbonyl (C=O) groups is 3. The van der Waals surface area contributed by atoms with Gasteiger partial charge < -0.3 is 15.5 Å². The molecule has 1 fully saturated rings. The number of likely N-dealkylation sites (tertiary alicyclic amines) is 1. The molecule has 2 N–H and O–H groups in total. The lowest BCUT2D eigenvalue weighted by atomic mass is 10.1. The van der Waals surface area contributed by atoms with E-state index in [0.717, 1.165) is 24.1 Å². The minimum absolute atomic E-state index is 0.0198. The lowest BCUT2D eigenvalue weighted by molar-refractivity contribution is -0.137. The monoisotopic (exact) mass is 419 g/mol. The molecule has 0 spiro atoms. The zero-order chi connectivity index (χ0) is 21.9. The molecule has 1 aliphatic rings. The standard InChI is InChI=1S/C21H20F3N3O3/c1-13(28)25-16-8-9-18(17(11-16)21(22,23)24)26-20(30)15-6-4-14(5-7-15)12-27-10-2-3-19(27)29/h4-9,11H,2-3,10,12H2,1H3,(H,25,28)(H,26,30). The first-order chi connectivity index (χ1) is 14.1. The molecular weight excluding hydrogens is 399 g/mol. The molecule has 0 saturated carbocycles. The molecule has 1 aliphatic heterocycles. The lowest BCUT2D eigenvalue weighted by Crippen LogP contribution is -2.23. The van der Waals surface area contributed by atoms with Crippen LogP contribution in [0.1, 0.15) is 41.3 Å². The van der Waals surface area contributed by atoms with Crippen molar-refractivity contribution in [3.05, 3.63) is 59.2 Å². The van der Waals surface area contributed by atoms with Gasteiger partial charge in [0.2, 0.25) is 11.8 Å². The van der Waals surface area contributed by atoms with Gasteiger partial charge >= 0.3 is 6.18 Å². The highest BCUT2D eigenvalue weighted by Gasteiger charge is 2.34. The molecule has 158 valence electrons. The lowest BCUT2D eigenvalue weighted by Gasteiger charge is -2.16. The average Bonchev–Trinajstić information content (AvgIpc) is 3.07. The molecule has 0 radical (unpaired) electrons. The normalized spacial score (nSPS) is 14.0. The fourth-order valence-corrected chi connectivity index (χ4v) is 3.22. The van der Waals surface area contributed by atoms with Crippen LogP contribution in [0.15, 0.2) is 42.5 Å². The summed E-state index contributed by atoms with van der Waals surface area (Å²) < 4.78 is 40.2. The Bertz CT molecular complexity index is 972. The van der Waals surface area contributed by atoms with E-state index in [9.17, 15) is 27.6 Å². The van der Waals surface area contributed by atoms with Crippen LogP contribution in [0.2, 0.25) is 0 Å². The van der Waals surface area contributed by atoms with E-state index >= 15 is 0 Å². The second-order valence-electron chi connectivity index (χ2n) is 7.01. The predicted molar refractivity (Wildman–Crippen MR) is 105 cm³/mol. The van der Waals surface area contributed by atoms with Gasteiger partial charge in [0.15, 0.2) is 0 Å². The number of benzene rings is 2. The Hall–Kier alpha value is -3.36. The number of rotatable bonds is 5. The maximum atomic E-state index is 13.4. The van der Waals surface area contributed by atoms with Crippen LogP contribution in [-0.4, -0.2) is 29.2 Å². The van der Waals surface area contributed by atoms with Gasteiger partial charge in [-0.1, -0.05) is 12.1 Å². The van der Waals surface area contributed by atoms with Gasteiger partial charge in [-0.2, -0.15) is 13.2 Å². The van der Waals surface area contributed by atoms with Crippen LogP contribution in [0.3, 0.4) is 0 Å². The predicted octanol–water partition coefficient (Wildman–Crippen LogP) is 4.04. The third-order valence-corrected chi connectivity index (χ3v) is 4.65. The van der Waals surface area contributed by atoms with Crippen molar-refractivity contribution >= 4 is 29.1 Å². The summed E-state index contributed by atoms with van der Waals surface area (Å²) in [6, 6.07) is 9.50. The number of carbonyl (C=O) groups excluding carboxylic acids is 3. The molecular formula is C21H20F3N3O3. The largest absolute Gasteiger partial charge is 0.418 e. The number of hydrogen-bond donors (Lipinski definition) is 2. The first kappa shape index (κ1) is 21.4. The Morgan fingerprint density at radius 3 is 2.33 bits per heavy atom. The smallest absolute Gasteiger partial charge is 0.338 e. The molecule has 0 bridgehead atoms. The maximum Gasteiger partial charge on any atom is 0.418 e. The SMILES string of the molecule is CC(=O)Nc1ccc(NC(=O)c2ccc(CN3CCCC3=O)cc2)c(C(F)(F)F)c1. The van der Waals surface area contributed by atoms with Crippen molar-refractivity contribution in [2.24, 2.45) is 0 Å². The van der Waals surface area contributed by atoms with E-state index in [0.29, 0.717) is 19.5 Å². The summed E-state index contributed by atoms with van der Waals surface area (Å²) in [4.78, 5) is 37.0. The van der Waals surface area contributed by atoms with Crippen LogP contribution in [0.5, 0.6) is 0 Å². The Kier molecular flexibility index (Phi) is 6.09. The van der Waals surface area contributed by atoms with E-state index < -0.39 is 29.2 Å². The summed E-state index contributed by atoms with van der Waals surface area (Å²) in [6.45, 7) is 2.31. The van der Waals surface area contributed by atoms with Crippen LogP contribution < -0.4 is 10.6 Å². The third kappa shape index (κ3) is 5.16. The molecule has 0 unspecified atom stereocenters. The summed E-state index contributed by atoms with van der Waals surface area (Å²) in [5.74, 6) is -1.12. The molecule has 30 heavy (non-hydrogen) atoms. The van der Waals surface area contributed by atoms with Crippen molar-refractivity contribution in [2.45, 2.75) is 32.5 Å². The van der Waals surface area contributed by atoms with Gasteiger partial charge in [-0.25, -0.2) is 0 Å². The van der Waals surface area contributed by atoms with E-state index in [2.05, 4.69) is 10.6 Å². The zero-order valence-electron chi connectivity index (χ0n) is 16.2. The Morgan fingerprint density at radius 2 is 1.77 bits per heavy atom. The van der Waals surface area contributed by atoms with Crippen molar-refractivity contribution in [2.75, 3.05) is 17.2 Å². The zero-order valence-corrected chi connectivity index (χ0v) is 16.2. The van der Waals surface area contributed by atoms with Gasteiger partial charge in [0, 0.05) is 37.7 Å². The summed E-state index contributed by atoms with van der Waals surface area (Å²) >= 11 is 0. The maximum absolute atomic E-state index is 13.4. The first-order valence-corrected chi connectivity index (χ1v) is 9.30. The Balaban J connectivity index is 1.74. The molecule has 2 aromatic carbocycles. The minimum Gasteiger partial charge on any atom is -0.338 e. The molecule has 0 aromatic heterocycles. The number of alkyl halides is 3. The van der Waals surface area contributed by atoms with Gasteiger partial charge in [0.1, 0.15) is 0 Å². The van der Waals surface area contributed by atoms with Gasteiger partial charge in [-0.05, 0) is 42.3 Å². The van der Waals surface area contributed by atoms with E-state index in [1.807, 2.05) is 0 Å². The Morgan fingerprint density at radius 1 is 1.07 bits per heavy atom. The second-order valence-corrected chi connectivity index (χ2v) is 7.01. The van der Waals surface area contributed by atoms with E-state index in [1.165, 1.54) is 25.1 Å². The van der Waals surface area contributed by atoms with Gasteiger partial charge in [-0.15, -0.1) is 0 Å². The van der Waals surface area contributed by atoms with Crippen LogP contribution in [0, 0.1) is 0 Å². The highest BCUT2D eigenvalue weighted by Crippen LogP contribution is 2.36. The number of nitrogens with one attached hydrogen (secondary N) is 2. The first-order valence-electron chi connectivity index (χ1n) is 9.30. The van der Waals surface area contributed by atoms with Crippen LogP contribution in [0.4, 0.5) is 24.5 Å². The minimum atomic E-state index is -4.72. The fourth-order valence-electron chi connectivity index (χ4n) is 3.22. The van der Waals surface area contributed by atoms with Crippen molar-refractivity contribution in [3.8, 4) is 0 Å². The molecule has 3 rings (SSSR count). The molecule has 6 nitrogen and oxygen atoms in total. The molecule has 1 saturated heterocycles. The molecule has 0 aliphatic carbocycles. The van der Waals surface area contributed by atoms with E-state index in [-0.39, 0.29) is 17.2 Å².